The summed E-state index contributed by atoms with van der Waals surface area (Å²) in [5, 5.41) is 4.56. The van der Waals surface area contributed by atoms with Crippen LogP contribution in [0.1, 0.15) is 12.5 Å². The van der Waals surface area contributed by atoms with Gasteiger partial charge in [-0.2, -0.15) is 0 Å². The third-order valence-corrected chi connectivity index (χ3v) is 5.20. The van der Waals surface area contributed by atoms with Crippen molar-refractivity contribution in [3.8, 4) is 11.5 Å². The lowest BCUT2D eigenvalue weighted by atomic mass is 10.1. The number of para-hydroxylation sites is 1. The molecule has 1 aromatic heterocycles. The van der Waals surface area contributed by atoms with E-state index in [4.69, 9.17) is 9.47 Å². The number of anilines is 1. The van der Waals surface area contributed by atoms with Crippen molar-refractivity contribution in [3.63, 3.8) is 0 Å². The molecule has 0 aliphatic rings. The fraction of sp³-hybridized carbons (Fsp3) is 0.238. The zero-order valence-electron chi connectivity index (χ0n) is 15.8. The number of pyridine rings is 1. The van der Waals surface area contributed by atoms with E-state index in [2.05, 4.69) is 23.3 Å². The van der Waals surface area contributed by atoms with Gasteiger partial charge in [-0.1, -0.05) is 30.0 Å². The number of hydrogen-bond donors (Lipinski definition) is 1. The van der Waals surface area contributed by atoms with Gasteiger partial charge in [0.1, 0.15) is 11.5 Å². The molecule has 1 N–H and O–H groups in total. The first-order valence-corrected chi connectivity index (χ1v) is 9.45. The molecule has 1 amide bonds. The Morgan fingerprint density at radius 2 is 1.74 bits per heavy atom. The molecule has 1 heterocycles. The highest BCUT2D eigenvalue weighted by atomic mass is 32.2. The number of hydrogen-bond acceptors (Lipinski definition) is 5. The summed E-state index contributed by atoms with van der Waals surface area (Å²) in [6.07, 6.45) is 0. The van der Waals surface area contributed by atoms with Crippen molar-refractivity contribution in [3.05, 3.63) is 54.1 Å². The molecule has 0 fully saturated rings. The zero-order valence-corrected chi connectivity index (χ0v) is 16.6. The largest absolute Gasteiger partial charge is 0.497 e. The van der Waals surface area contributed by atoms with Crippen LogP contribution in [0.5, 0.6) is 11.5 Å². The Balaban J connectivity index is 1.74. The Bertz CT molecular complexity index is 953. The first-order valence-electron chi connectivity index (χ1n) is 8.57. The molecule has 27 heavy (non-hydrogen) atoms. The second-order valence-corrected chi connectivity index (χ2v) is 7.51. The Labute approximate surface area is 163 Å². The van der Waals surface area contributed by atoms with Gasteiger partial charge in [0.25, 0.3) is 0 Å². The average molecular weight is 382 g/mol. The zero-order chi connectivity index (χ0) is 19.4. The van der Waals surface area contributed by atoms with E-state index in [0.717, 1.165) is 21.5 Å². The van der Waals surface area contributed by atoms with Crippen LogP contribution in [0.25, 0.3) is 10.9 Å². The van der Waals surface area contributed by atoms with Gasteiger partial charge in [0, 0.05) is 29.3 Å². The van der Waals surface area contributed by atoms with E-state index in [0.29, 0.717) is 17.2 Å². The molecular weight excluding hydrogens is 360 g/mol. The van der Waals surface area contributed by atoms with Gasteiger partial charge in [0.15, 0.2) is 0 Å². The summed E-state index contributed by atoms with van der Waals surface area (Å²) >= 11 is 1.43. The van der Waals surface area contributed by atoms with Crippen molar-refractivity contribution in [2.45, 2.75) is 24.1 Å². The molecule has 0 saturated carbocycles. The normalized spacial score (nSPS) is 11.9. The number of rotatable bonds is 6. The van der Waals surface area contributed by atoms with Crippen molar-refractivity contribution in [1.29, 1.82) is 0 Å². The van der Waals surface area contributed by atoms with E-state index in [-0.39, 0.29) is 11.2 Å². The van der Waals surface area contributed by atoms with Gasteiger partial charge in [-0.15, -0.1) is 0 Å². The van der Waals surface area contributed by atoms with E-state index in [1.165, 1.54) is 11.8 Å². The predicted octanol–water partition coefficient (Wildman–Crippen LogP) is 4.68. The quantitative estimate of drug-likeness (QED) is 0.627. The standard InChI is InChI=1S/C21H22N2O3S/c1-13-9-20(23-19-8-6-5-7-18(13)19)27-14(2)21(24)22-15-10-16(25-3)12-17(11-15)26-4/h5-12,14H,1-4H3,(H,22,24). The van der Waals surface area contributed by atoms with Crippen LogP contribution >= 0.6 is 11.8 Å². The maximum absolute atomic E-state index is 12.6. The second-order valence-electron chi connectivity index (χ2n) is 6.15. The smallest absolute Gasteiger partial charge is 0.237 e. The van der Waals surface area contributed by atoms with E-state index < -0.39 is 0 Å². The highest BCUT2D eigenvalue weighted by molar-refractivity contribution is 8.00. The minimum absolute atomic E-state index is 0.108. The fourth-order valence-corrected chi connectivity index (χ4v) is 3.66. The van der Waals surface area contributed by atoms with Crippen molar-refractivity contribution in [1.82, 2.24) is 4.98 Å². The molecule has 0 radical (unpaired) electrons. The van der Waals surface area contributed by atoms with Crippen LogP contribution < -0.4 is 14.8 Å². The molecule has 0 spiro atoms. The van der Waals surface area contributed by atoms with E-state index >= 15 is 0 Å². The van der Waals surface area contributed by atoms with Crippen LogP contribution in [0, 0.1) is 6.92 Å². The summed E-state index contributed by atoms with van der Waals surface area (Å²) in [4.78, 5) is 17.3. The molecule has 2 aromatic carbocycles. The summed E-state index contributed by atoms with van der Waals surface area (Å²) in [5.74, 6) is 1.14. The Morgan fingerprint density at radius 3 is 2.41 bits per heavy atom. The SMILES string of the molecule is COc1cc(NC(=O)C(C)Sc2cc(C)c3ccccc3n2)cc(OC)c1. The van der Waals surface area contributed by atoms with Gasteiger partial charge in [-0.05, 0) is 31.5 Å². The number of amides is 1. The van der Waals surface area contributed by atoms with E-state index in [1.54, 1.807) is 32.4 Å². The number of nitrogens with one attached hydrogen (secondary N) is 1. The average Bonchev–Trinajstić information content (AvgIpc) is 2.67. The van der Waals surface area contributed by atoms with Crippen molar-refractivity contribution >= 4 is 34.3 Å². The molecule has 0 aliphatic carbocycles. The Morgan fingerprint density at radius 1 is 1.07 bits per heavy atom. The number of ether oxygens (including phenoxy) is 2. The van der Waals surface area contributed by atoms with Gasteiger partial charge in [0.05, 0.1) is 30.0 Å². The van der Waals surface area contributed by atoms with Gasteiger partial charge < -0.3 is 14.8 Å². The van der Waals surface area contributed by atoms with Gasteiger partial charge in [-0.3, -0.25) is 4.79 Å². The van der Waals surface area contributed by atoms with Crippen LogP contribution in [0.4, 0.5) is 5.69 Å². The molecule has 3 rings (SSSR count). The molecule has 5 nitrogen and oxygen atoms in total. The Hall–Kier alpha value is -2.73. The van der Waals surface area contributed by atoms with Gasteiger partial charge in [0.2, 0.25) is 5.91 Å². The number of fused-ring (bicyclic) bond motifs is 1. The summed E-state index contributed by atoms with van der Waals surface area (Å²) < 4.78 is 10.5. The molecule has 1 unspecified atom stereocenters. The second kappa shape index (κ2) is 8.31. The third kappa shape index (κ3) is 4.52. The van der Waals surface area contributed by atoms with Gasteiger partial charge in [-0.25, -0.2) is 4.98 Å². The fourth-order valence-electron chi connectivity index (χ4n) is 2.74. The maximum Gasteiger partial charge on any atom is 0.237 e. The summed E-state index contributed by atoms with van der Waals surface area (Å²) in [5.41, 5.74) is 2.71. The number of methoxy groups -OCH3 is 2. The topological polar surface area (TPSA) is 60.5 Å². The molecule has 6 heteroatoms. The maximum atomic E-state index is 12.6. The van der Waals surface area contributed by atoms with Crippen molar-refractivity contribution in [2.24, 2.45) is 0 Å². The minimum atomic E-state index is -0.310. The molecule has 1 atom stereocenters. The van der Waals surface area contributed by atoms with Gasteiger partial charge >= 0.3 is 0 Å². The summed E-state index contributed by atoms with van der Waals surface area (Å²) in [7, 11) is 3.15. The Kier molecular flexibility index (Phi) is 5.86. The first kappa shape index (κ1) is 19.0. The number of carbonyl (C=O) groups is 1. The number of aromatic nitrogens is 1. The van der Waals surface area contributed by atoms with Crippen LogP contribution in [0.15, 0.2) is 53.6 Å². The summed E-state index contributed by atoms with van der Waals surface area (Å²) in [6.45, 7) is 3.92. The number of benzene rings is 2. The predicted molar refractivity (Wildman–Crippen MR) is 110 cm³/mol. The number of nitrogens with zero attached hydrogens (tertiary/aromatic N) is 1. The third-order valence-electron chi connectivity index (χ3n) is 4.19. The van der Waals surface area contributed by atoms with Crippen LogP contribution in [-0.4, -0.2) is 30.4 Å². The number of thioether (sulfide) groups is 1. The highest BCUT2D eigenvalue weighted by Crippen LogP contribution is 2.29. The summed E-state index contributed by atoms with van der Waals surface area (Å²) in [6, 6.07) is 15.3. The highest BCUT2D eigenvalue weighted by Gasteiger charge is 2.17. The van der Waals surface area contributed by atoms with E-state index in [1.807, 2.05) is 31.2 Å². The molecule has 3 aromatic rings. The lowest BCUT2D eigenvalue weighted by Gasteiger charge is -2.14. The molecule has 0 saturated heterocycles. The molecule has 0 bridgehead atoms. The van der Waals surface area contributed by atoms with Crippen molar-refractivity contribution < 1.29 is 14.3 Å². The molecule has 0 aliphatic heterocycles. The lowest BCUT2D eigenvalue weighted by Crippen LogP contribution is -2.22. The van der Waals surface area contributed by atoms with Crippen LogP contribution in [-0.2, 0) is 4.79 Å². The monoisotopic (exact) mass is 382 g/mol. The van der Waals surface area contributed by atoms with E-state index in [9.17, 15) is 4.79 Å². The lowest BCUT2D eigenvalue weighted by molar-refractivity contribution is -0.115. The molecule has 140 valence electrons. The van der Waals surface area contributed by atoms with Crippen LogP contribution in [0.3, 0.4) is 0 Å². The number of carbonyl (C=O) groups excluding carboxylic acids is 1. The van der Waals surface area contributed by atoms with Crippen LogP contribution in [0.2, 0.25) is 0 Å². The minimum Gasteiger partial charge on any atom is -0.497 e. The number of aryl methyl sites for hydroxylation is 1. The van der Waals surface area contributed by atoms with Crippen molar-refractivity contribution in [2.75, 3.05) is 19.5 Å². The first-order chi connectivity index (χ1) is 13.0. The molecular formula is C21H22N2O3S.